The maximum absolute atomic E-state index is 12.9. The van der Waals surface area contributed by atoms with Gasteiger partial charge >= 0.3 is 6.18 Å². The van der Waals surface area contributed by atoms with Crippen LogP contribution < -0.4 is 9.47 Å². The van der Waals surface area contributed by atoms with Gasteiger partial charge in [0, 0.05) is 6.20 Å². The van der Waals surface area contributed by atoms with Crippen LogP contribution in [0.25, 0.3) is 6.08 Å². The quantitative estimate of drug-likeness (QED) is 0.798. The number of methoxy groups -OCH3 is 2. The molecule has 0 aromatic heterocycles. The van der Waals surface area contributed by atoms with Crippen molar-refractivity contribution in [1.82, 2.24) is 4.90 Å². The Morgan fingerprint density at radius 1 is 1.07 bits per heavy atom. The summed E-state index contributed by atoms with van der Waals surface area (Å²) in [6.45, 7) is 0.0571. The third kappa shape index (κ3) is 4.07. The van der Waals surface area contributed by atoms with Gasteiger partial charge in [0.05, 0.1) is 32.7 Å². The van der Waals surface area contributed by atoms with Crippen LogP contribution in [0.15, 0.2) is 42.6 Å². The van der Waals surface area contributed by atoms with Gasteiger partial charge in [-0.1, -0.05) is 12.1 Å². The Morgan fingerprint density at radius 2 is 1.78 bits per heavy atom. The van der Waals surface area contributed by atoms with Gasteiger partial charge in [-0.05, 0) is 47.0 Å². The molecule has 0 unspecified atom stereocenters. The number of fused-ring (bicyclic) bond motifs is 1. The fourth-order valence-corrected chi connectivity index (χ4v) is 2.95. The zero-order valence-corrected chi connectivity index (χ0v) is 14.8. The lowest BCUT2D eigenvalue weighted by atomic mass is 10.0. The van der Waals surface area contributed by atoms with Gasteiger partial charge < -0.3 is 14.4 Å². The molecule has 0 fully saturated rings. The van der Waals surface area contributed by atoms with Crippen molar-refractivity contribution in [3.05, 3.63) is 64.9 Å². The Hall–Kier alpha value is -2.96. The van der Waals surface area contributed by atoms with E-state index < -0.39 is 11.7 Å². The van der Waals surface area contributed by atoms with Gasteiger partial charge in [0.25, 0.3) is 0 Å². The molecule has 0 saturated heterocycles. The molecule has 0 N–H and O–H groups in total. The summed E-state index contributed by atoms with van der Waals surface area (Å²) in [5.74, 6) is 0.845. The molecular weight excluding hydrogens is 359 g/mol. The molecule has 0 aliphatic carbocycles. The maximum atomic E-state index is 12.9. The number of ether oxygens (including phenoxy) is 2. The van der Waals surface area contributed by atoms with E-state index in [0.717, 1.165) is 23.3 Å². The molecule has 2 aromatic carbocycles. The van der Waals surface area contributed by atoms with E-state index in [1.165, 1.54) is 25.2 Å². The predicted molar refractivity (Wildman–Crippen MR) is 94.3 cm³/mol. The molecule has 1 aliphatic rings. The summed E-state index contributed by atoms with van der Waals surface area (Å²) in [7, 11) is 3.04. The van der Waals surface area contributed by atoms with Crippen LogP contribution in [0.1, 0.15) is 22.3 Å². The highest BCUT2D eigenvalue weighted by atomic mass is 19.4. The highest BCUT2D eigenvalue weighted by Gasteiger charge is 2.30. The van der Waals surface area contributed by atoms with Crippen LogP contribution in [-0.2, 0) is 23.9 Å². The van der Waals surface area contributed by atoms with Gasteiger partial charge in [0.1, 0.15) is 0 Å². The molecule has 27 heavy (non-hydrogen) atoms. The lowest BCUT2D eigenvalue weighted by molar-refractivity contribution is -0.137. The minimum atomic E-state index is -4.42. The summed E-state index contributed by atoms with van der Waals surface area (Å²) in [6.07, 6.45) is -0.976. The fourth-order valence-electron chi connectivity index (χ4n) is 2.95. The number of nitrogens with zero attached hydrogens (tertiary/aromatic N) is 1. The van der Waals surface area contributed by atoms with Crippen molar-refractivity contribution in [2.24, 2.45) is 0 Å². The lowest BCUT2D eigenvalue weighted by Crippen LogP contribution is -2.26. The van der Waals surface area contributed by atoms with Crippen LogP contribution in [0.2, 0.25) is 0 Å². The predicted octanol–water partition coefficient (Wildman–Crippen LogP) is 4.28. The Bertz CT molecular complexity index is 891. The van der Waals surface area contributed by atoms with Crippen LogP contribution in [0.5, 0.6) is 11.5 Å². The van der Waals surface area contributed by atoms with Gasteiger partial charge in [-0.3, -0.25) is 4.79 Å². The Morgan fingerprint density at radius 3 is 2.44 bits per heavy atom. The van der Waals surface area contributed by atoms with Crippen molar-refractivity contribution in [2.45, 2.75) is 19.1 Å². The molecule has 0 radical (unpaired) electrons. The number of benzene rings is 2. The monoisotopic (exact) mass is 377 g/mol. The topological polar surface area (TPSA) is 38.8 Å². The second-order valence-corrected chi connectivity index (χ2v) is 6.12. The molecule has 0 saturated carbocycles. The summed E-state index contributed by atoms with van der Waals surface area (Å²) in [5.41, 5.74) is 1.24. The van der Waals surface area contributed by atoms with E-state index >= 15 is 0 Å². The summed E-state index contributed by atoms with van der Waals surface area (Å²) < 4.78 is 49.2. The van der Waals surface area contributed by atoms with Crippen LogP contribution in [0, 0.1) is 0 Å². The molecule has 0 spiro atoms. The number of hydrogen-bond acceptors (Lipinski definition) is 3. The second-order valence-electron chi connectivity index (χ2n) is 6.12. The average Bonchev–Trinajstić information content (AvgIpc) is 2.78. The van der Waals surface area contributed by atoms with Crippen LogP contribution in [0.3, 0.4) is 0 Å². The largest absolute Gasteiger partial charge is 0.493 e. The normalized spacial score (nSPS) is 14.0. The summed E-state index contributed by atoms with van der Waals surface area (Å²) in [6, 6.07) is 8.49. The van der Waals surface area contributed by atoms with Crippen LogP contribution >= 0.6 is 0 Å². The third-order valence-electron chi connectivity index (χ3n) is 4.35. The van der Waals surface area contributed by atoms with Gasteiger partial charge in [-0.2, -0.15) is 13.2 Å². The summed E-state index contributed by atoms with van der Waals surface area (Å²) >= 11 is 0. The zero-order chi connectivity index (χ0) is 19.6. The first kappa shape index (κ1) is 18.8. The van der Waals surface area contributed by atoms with Crippen molar-refractivity contribution in [1.29, 1.82) is 0 Å². The molecule has 2 aromatic rings. The minimum Gasteiger partial charge on any atom is -0.493 e. The van der Waals surface area contributed by atoms with Crippen molar-refractivity contribution < 1.29 is 27.4 Å². The Balaban J connectivity index is 1.86. The highest BCUT2D eigenvalue weighted by Crippen LogP contribution is 2.33. The standard InChI is InChI=1S/C20H18F3NO3/c1-26-17-9-14-6-7-24(19(25)11-15(14)10-18(17)27-2)12-13-4-3-5-16(8-13)20(21,22)23/h3-10H,11-12H2,1-2H3. The molecule has 3 rings (SSSR count). The van der Waals surface area contributed by atoms with E-state index in [2.05, 4.69) is 0 Å². The molecule has 1 aliphatic heterocycles. The van der Waals surface area contributed by atoms with Gasteiger partial charge in [0.15, 0.2) is 11.5 Å². The summed E-state index contributed by atoms with van der Waals surface area (Å²) in [5, 5.41) is 0. The van der Waals surface area contributed by atoms with Gasteiger partial charge in [0.2, 0.25) is 5.91 Å². The van der Waals surface area contributed by atoms with Gasteiger partial charge in [-0.25, -0.2) is 0 Å². The molecule has 1 heterocycles. The second kappa shape index (κ2) is 7.34. The van der Waals surface area contributed by atoms with E-state index in [0.29, 0.717) is 17.1 Å². The number of rotatable bonds is 4. The average molecular weight is 377 g/mol. The SMILES string of the molecule is COc1cc2c(cc1OC)CC(=O)N(Cc1cccc(C(F)(F)F)c1)C=C2. The first-order chi connectivity index (χ1) is 12.8. The zero-order valence-electron chi connectivity index (χ0n) is 14.8. The van der Waals surface area contributed by atoms with E-state index in [1.54, 1.807) is 30.5 Å². The number of alkyl halides is 3. The Labute approximate surface area is 154 Å². The van der Waals surface area contributed by atoms with E-state index in [4.69, 9.17) is 9.47 Å². The lowest BCUT2D eigenvalue weighted by Gasteiger charge is -2.18. The number of carbonyl (C=O) groups excluding carboxylic acids is 1. The smallest absolute Gasteiger partial charge is 0.416 e. The van der Waals surface area contributed by atoms with E-state index in [1.807, 2.05) is 0 Å². The maximum Gasteiger partial charge on any atom is 0.416 e. The number of hydrogen-bond donors (Lipinski definition) is 0. The van der Waals surface area contributed by atoms with Crippen molar-refractivity contribution >= 4 is 12.0 Å². The van der Waals surface area contributed by atoms with Crippen molar-refractivity contribution in [3.8, 4) is 11.5 Å². The third-order valence-corrected chi connectivity index (χ3v) is 4.35. The molecular formula is C20H18F3NO3. The number of carbonyl (C=O) groups is 1. The van der Waals surface area contributed by atoms with Crippen LogP contribution in [0.4, 0.5) is 13.2 Å². The molecule has 0 atom stereocenters. The van der Waals surface area contributed by atoms with Crippen molar-refractivity contribution in [2.75, 3.05) is 14.2 Å². The molecule has 1 amide bonds. The van der Waals surface area contributed by atoms with Crippen LogP contribution in [-0.4, -0.2) is 25.0 Å². The van der Waals surface area contributed by atoms with Crippen molar-refractivity contribution in [3.63, 3.8) is 0 Å². The molecule has 7 heteroatoms. The Kier molecular flexibility index (Phi) is 5.12. The molecule has 0 bridgehead atoms. The fraction of sp³-hybridized carbons (Fsp3) is 0.250. The first-order valence-corrected chi connectivity index (χ1v) is 8.20. The molecule has 142 valence electrons. The van der Waals surface area contributed by atoms with E-state index in [9.17, 15) is 18.0 Å². The number of amides is 1. The molecule has 4 nitrogen and oxygen atoms in total. The van der Waals surface area contributed by atoms with Gasteiger partial charge in [-0.15, -0.1) is 0 Å². The first-order valence-electron chi connectivity index (χ1n) is 8.20. The summed E-state index contributed by atoms with van der Waals surface area (Å²) in [4.78, 5) is 14.0. The number of halogens is 3. The van der Waals surface area contributed by atoms with E-state index in [-0.39, 0.29) is 18.9 Å². The minimum absolute atomic E-state index is 0.0571. The highest BCUT2D eigenvalue weighted by molar-refractivity contribution is 5.84.